The van der Waals surface area contributed by atoms with Gasteiger partial charge in [0.25, 0.3) is 0 Å². The summed E-state index contributed by atoms with van der Waals surface area (Å²) in [5, 5.41) is 2.29. The van der Waals surface area contributed by atoms with E-state index in [0.717, 1.165) is 44.4 Å². The molecule has 2 aromatic heterocycles. The summed E-state index contributed by atoms with van der Waals surface area (Å²) in [7, 11) is 0. The Morgan fingerprint density at radius 3 is 2.40 bits per heavy atom. The minimum atomic E-state index is 0.0667. The molecule has 3 nitrogen and oxygen atoms in total. The molecular weight excluding hydrogens is 308 g/mol. The molecule has 0 bridgehead atoms. The maximum Gasteiger partial charge on any atom is 0.162 e. The molecule has 0 aliphatic rings. The van der Waals surface area contributed by atoms with Crippen LogP contribution in [0.1, 0.15) is 22.8 Å². The van der Waals surface area contributed by atoms with E-state index in [0.29, 0.717) is 0 Å². The van der Waals surface area contributed by atoms with E-state index in [1.807, 2.05) is 37.3 Å². The average molecular weight is 326 g/mol. The van der Waals surface area contributed by atoms with E-state index in [2.05, 4.69) is 34.2 Å². The number of pyridine rings is 1. The molecule has 3 heteroatoms. The molecule has 0 aliphatic carbocycles. The fourth-order valence-electron chi connectivity index (χ4n) is 3.49. The second kappa shape index (κ2) is 6.02. The summed E-state index contributed by atoms with van der Waals surface area (Å²) in [4.78, 5) is 20.0. The Morgan fingerprint density at radius 2 is 1.64 bits per heavy atom. The first-order chi connectivity index (χ1) is 12.2. The molecule has 0 unspecified atom stereocenters. The topological polar surface area (TPSA) is 45.8 Å². The zero-order valence-corrected chi connectivity index (χ0v) is 14.2. The number of fused-ring (bicyclic) bond motifs is 1. The second-order valence-corrected chi connectivity index (χ2v) is 6.19. The van der Waals surface area contributed by atoms with Crippen molar-refractivity contribution in [3.05, 3.63) is 78.1 Å². The van der Waals surface area contributed by atoms with Crippen molar-refractivity contribution in [1.29, 1.82) is 0 Å². The quantitative estimate of drug-likeness (QED) is 0.512. The third-order valence-corrected chi connectivity index (χ3v) is 4.63. The number of carbonyl (C=O) groups is 1. The maximum atomic E-state index is 12.4. The van der Waals surface area contributed by atoms with Crippen LogP contribution in [0.5, 0.6) is 0 Å². The van der Waals surface area contributed by atoms with Crippen LogP contribution >= 0.6 is 0 Å². The number of aromatic nitrogens is 2. The standard InChI is InChI=1S/C22H18N2O/c1-14-20(15(2)25)22(24-21(14)17-10-12-23-13-11-17)19-9-5-7-16-6-3-4-8-18(16)19/h3-13,24H,1-2H3. The molecule has 25 heavy (non-hydrogen) atoms. The summed E-state index contributed by atoms with van der Waals surface area (Å²) in [5.74, 6) is 0.0667. The Morgan fingerprint density at radius 1 is 0.920 bits per heavy atom. The van der Waals surface area contributed by atoms with E-state index < -0.39 is 0 Å². The summed E-state index contributed by atoms with van der Waals surface area (Å²) in [6, 6.07) is 18.3. The minimum Gasteiger partial charge on any atom is -0.354 e. The lowest BCUT2D eigenvalue weighted by Gasteiger charge is -2.07. The van der Waals surface area contributed by atoms with Crippen molar-refractivity contribution in [2.24, 2.45) is 0 Å². The van der Waals surface area contributed by atoms with Crippen molar-refractivity contribution in [1.82, 2.24) is 9.97 Å². The molecule has 122 valence electrons. The van der Waals surface area contributed by atoms with Crippen molar-refractivity contribution < 1.29 is 4.79 Å². The van der Waals surface area contributed by atoms with Gasteiger partial charge in [0.15, 0.2) is 5.78 Å². The predicted octanol–water partition coefficient (Wildman–Crippen LogP) is 5.41. The number of hydrogen-bond acceptors (Lipinski definition) is 2. The van der Waals surface area contributed by atoms with Gasteiger partial charge in [-0.15, -0.1) is 0 Å². The number of carbonyl (C=O) groups excluding carboxylic acids is 1. The lowest BCUT2D eigenvalue weighted by atomic mass is 9.97. The zero-order chi connectivity index (χ0) is 17.4. The van der Waals surface area contributed by atoms with E-state index in [1.54, 1.807) is 19.3 Å². The van der Waals surface area contributed by atoms with Crippen molar-refractivity contribution in [2.75, 3.05) is 0 Å². The highest BCUT2D eigenvalue weighted by molar-refractivity contribution is 6.07. The van der Waals surface area contributed by atoms with Crippen LogP contribution < -0.4 is 0 Å². The summed E-state index contributed by atoms with van der Waals surface area (Å²) in [5.41, 5.74) is 5.65. The summed E-state index contributed by atoms with van der Waals surface area (Å²) >= 11 is 0. The van der Waals surface area contributed by atoms with Crippen LogP contribution in [0.2, 0.25) is 0 Å². The van der Waals surface area contributed by atoms with Crippen molar-refractivity contribution in [3.63, 3.8) is 0 Å². The van der Waals surface area contributed by atoms with E-state index in [9.17, 15) is 4.79 Å². The number of aromatic amines is 1. The van der Waals surface area contributed by atoms with Crippen LogP contribution in [0.3, 0.4) is 0 Å². The van der Waals surface area contributed by atoms with Gasteiger partial charge in [-0.05, 0) is 42.3 Å². The molecule has 0 fully saturated rings. The van der Waals surface area contributed by atoms with Crippen LogP contribution in [0.4, 0.5) is 0 Å². The largest absolute Gasteiger partial charge is 0.354 e. The van der Waals surface area contributed by atoms with Gasteiger partial charge in [0.1, 0.15) is 0 Å². The SMILES string of the molecule is CC(=O)c1c(-c2cccc3ccccc23)[nH]c(-c2ccncc2)c1C. The summed E-state index contributed by atoms with van der Waals surface area (Å²) in [6.07, 6.45) is 3.53. The van der Waals surface area contributed by atoms with Crippen molar-refractivity contribution in [3.8, 4) is 22.5 Å². The minimum absolute atomic E-state index is 0.0667. The summed E-state index contributed by atoms with van der Waals surface area (Å²) < 4.78 is 0. The van der Waals surface area contributed by atoms with Gasteiger partial charge in [-0.25, -0.2) is 0 Å². The first-order valence-electron chi connectivity index (χ1n) is 8.29. The highest BCUT2D eigenvalue weighted by Crippen LogP contribution is 2.36. The number of nitrogens with zero attached hydrogens (tertiary/aromatic N) is 1. The van der Waals surface area contributed by atoms with Gasteiger partial charge in [-0.1, -0.05) is 42.5 Å². The third kappa shape index (κ3) is 2.54. The number of ketones is 1. The highest BCUT2D eigenvalue weighted by Gasteiger charge is 2.20. The van der Waals surface area contributed by atoms with Crippen LogP contribution in [0.25, 0.3) is 33.3 Å². The van der Waals surface area contributed by atoms with Gasteiger partial charge in [0, 0.05) is 34.8 Å². The van der Waals surface area contributed by atoms with E-state index in [1.165, 1.54) is 0 Å². The zero-order valence-electron chi connectivity index (χ0n) is 14.2. The molecule has 0 aliphatic heterocycles. The highest BCUT2D eigenvalue weighted by atomic mass is 16.1. The second-order valence-electron chi connectivity index (χ2n) is 6.19. The molecule has 0 spiro atoms. The lowest BCUT2D eigenvalue weighted by molar-refractivity contribution is 0.101. The number of hydrogen-bond donors (Lipinski definition) is 1. The van der Waals surface area contributed by atoms with Crippen LogP contribution in [0, 0.1) is 6.92 Å². The fraction of sp³-hybridized carbons (Fsp3) is 0.0909. The van der Waals surface area contributed by atoms with E-state index in [-0.39, 0.29) is 5.78 Å². The van der Waals surface area contributed by atoms with Gasteiger partial charge >= 0.3 is 0 Å². The number of Topliss-reactive ketones (excluding diaryl/α,β-unsaturated/α-hetero) is 1. The van der Waals surface area contributed by atoms with E-state index in [4.69, 9.17) is 0 Å². The molecule has 2 aromatic carbocycles. The molecule has 4 aromatic rings. The normalized spacial score (nSPS) is 11.0. The van der Waals surface area contributed by atoms with Gasteiger partial charge in [-0.2, -0.15) is 0 Å². The van der Waals surface area contributed by atoms with Crippen molar-refractivity contribution in [2.45, 2.75) is 13.8 Å². The van der Waals surface area contributed by atoms with E-state index >= 15 is 0 Å². The molecular formula is C22H18N2O. The van der Waals surface area contributed by atoms with Gasteiger partial charge in [0.05, 0.1) is 5.69 Å². The van der Waals surface area contributed by atoms with Crippen molar-refractivity contribution >= 4 is 16.6 Å². The molecule has 0 radical (unpaired) electrons. The van der Waals surface area contributed by atoms with Gasteiger partial charge in [-0.3, -0.25) is 9.78 Å². The van der Waals surface area contributed by atoms with Crippen LogP contribution in [-0.4, -0.2) is 15.8 Å². The Hall–Kier alpha value is -3.20. The van der Waals surface area contributed by atoms with Crippen LogP contribution in [0.15, 0.2) is 67.0 Å². The molecule has 0 saturated carbocycles. The Kier molecular flexibility index (Phi) is 3.69. The smallest absolute Gasteiger partial charge is 0.162 e. The maximum absolute atomic E-state index is 12.4. The lowest BCUT2D eigenvalue weighted by Crippen LogP contribution is -1.96. The monoisotopic (exact) mass is 326 g/mol. The first-order valence-corrected chi connectivity index (χ1v) is 8.29. The first kappa shape index (κ1) is 15.3. The molecule has 4 rings (SSSR count). The number of benzene rings is 2. The van der Waals surface area contributed by atoms with Gasteiger partial charge < -0.3 is 4.98 Å². The summed E-state index contributed by atoms with van der Waals surface area (Å²) in [6.45, 7) is 3.62. The Bertz CT molecular complexity index is 1070. The van der Waals surface area contributed by atoms with Crippen LogP contribution in [-0.2, 0) is 0 Å². The molecule has 0 amide bonds. The average Bonchev–Trinajstić information content (AvgIpc) is 2.99. The number of H-pyrrole nitrogens is 1. The van der Waals surface area contributed by atoms with Gasteiger partial charge in [0.2, 0.25) is 0 Å². The number of rotatable bonds is 3. The number of nitrogens with one attached hydrogen (secondary N) is 1. The third-order valence-electron chi connectivity index (χ3n) is 4.63. The Labute approximate surface area is 146 Å². The Balaban J connectivity index is 2.03. The predicted molar refractivity (Wildman–Crippen MR) is 102 cm³/mol. The molecule has 1 N–H and O–H groups in total. The molecule has 0 atom stereocenters. The fourth-order valence-corrected chi connectivity index (χ4v) is 3.49. The molecule has 0 saturated heterocycles. The molecule has 2 heterocycles.